The first-order chi connectivity index (χ1) is 7.66. The molecule has 1 N–H and O–H groups in total. The van der Waals surface area contributed by atoms with E-state index in [1.54, 1.807) is 18.3 Å². The number of aliphatic carboxylic acids is 1. The number of carboxylic acid groups (broad SMARTS) is 1. The Hall–Kier alpha value is -2.17. The van der Waals surface area contributed by atoms with Gasteiger partial charge in [0.05, 0.1) is 0 Å². The maximum atomic E-state index is 13.0. The summed E-state index contributed by atoms with van der Waals surface area (Å²) < 4.78 is 14.5. The fourth-order valence-electron chi connectivity index (χ4n) is 1.47. The molecule has 16 heavy (non-hydrogen) atoms. The molecule has 0 atom stereocenters. The van der Waals surface area contributed by atoms with Gasteiger partial charge in [-0.2, -0.15) is 0 Å². The summed E-state index contributed by atoms with van der Waals surface area (Å²) in [6, 6.07) is 5.89. The number of hydrogen-bond donors (Lipinski definition) is 1. The molecule has 4 nitrogen and oxygen atoms in total. The van der Waals surface area contributed by atoms with Crippen molar-refractivity contribution in [1.82, 2.24) is 9.55 Å². The Balaban J connectivity index is 2.40. The van der Waals surface area contributed by atoms with Crippen LogP contribution in [0.25, 0.3) is 11.4 Å². The highest BCUT2D eigenvalue weighted by atomic mass is 19.1. The summed E-state index contributed by atoms with van der Waals surface area (Å²) in [6.07, 6.45) is 3.04. The second-order valence-corrected chi connectivity index (χ2v) is 3.28. The van der Waals surface area contributed by atoms with Gasteiger partial charge in [-0.1, -0.05) is 12.1 Å². The Labute approximate surface area is 91.0 Å². The first-order valence-corrected chi connectivity index (χ1v) is 4.65. The fraction of sp³-hybridized carbons (Fsp3) is 0.0909. The van der Waals surface area contributed by atoms with E-state index < -0.39 is 5.97 Å². The highest BCUT2D eigenvalue weighted by molar-refractivity contribution is 5.68. The molecule has 82 valence electrons. The lowest BCUT2D eigenvalue weighted by molar-refractivity contribution is -0.137. The van der Waals surface area contributed by atoms with E-state index in [9.17, 15) is 9.18 Å². The van der Waals surface area contributed by atoms with Gasteiger partial charge in [0, 0.05) is 18.0 Å². The Kier molecular flexibility index (Phi) is 2.68. The van der Waals surface area contributed by atoms with Crippen LogP contribution in [0.4, 0.5) is 4.39 Å². The van der Waals surface area contributed by atoms with Crippen LogP contribution >= 0.6 is 0 Å². The standard InChI is InChI=1S/C11H9FN2O2/c12-9-3-1-2-8(6-9)11-13-4-5-14(11)7-10(15)16/h1-6H,7H2,(H,15,16). The third kappa shape index (κ3) is 2.08. The molecule has 1 aromatic heterocycles. The molecule has 0 radical (unpaired) electrons. The molecule has 5 heteroatoms. The van der Waals surface area contributed by atoms with Gasteiger partial charge in [-0.25, -0.2) is 9.37 Å². The molecule has 0 spiro atoms. The van der Waals surface area contributed by atoms with Crippen molar-refractivity contribution in [1.29, 1.82) is 0 Å². The van der Waals surface area contributed by atoms with Crippen molar-refractivity contribution >= 4 is 5.97 Å². The monoisotopic (exact) mass is 220 g/mol. The van der Waals surface area contributed by atoms with E-state index in [2.05, 4.69) is 4.98 Å². The molecule has 0 unspecified atom stereocenters. The molecule has 2 rings (SSSR count). The van der Waals surface area contributed by atoms with Crippen molar-refractivity contribution in [2.75, 3.05) is 0 Å². The van der Waals surface area contributed by atoms with Gasteiger partial charge in [-0.15, -0.1) is 0 Å². The van der Waals surface area contributed by atoms with E-state index >= 15 is 0 Å². The maximum Gasteiger partial charge on any atom is 0.323 e. The van der Waals surface area contributed by atoms with E-state index in [1.165, 1.54) is 22.9 Å². The van der Waals surface area contributed by atoms with E-state index in [0.717, 1.165) is 0 Å². The molecule has 1 aromatic carbocycles. The molecule has 0 saturated carbocycles. The van der Waals surface area contributed by atoms with Gasteiger partial charge in [-0.3, -0.25) is 4.79 Å². The second-order valence-electron chi connectivity index (χ2n) is 3.28. The summed E-state index contributed by atoms with van der Waals surface area (Å²) in [5.74, 6) is -0.889. The molecule has 0 fully saturated rings. The smallest absolute Gasteiger partial charge is 0.323 e. The van der Waals surface area contributed by atoms with Crippen molar-refractivity contribution in [2.45, 2.75) is 6.54 Å². The molecular weight excluding hydrogens is 211 g/mol. The summed E-state index contributed by atoms with van der Waals surface area (Å²) in [6.45, 7) is -0.189. The van der Waals surface area contributed by atoms with Crippen molar-refractivity contribution in [3.8, 4) is 11.4 Å². The third-order valence-corrected chi connectivity index (χ3v) is 2.10. The molecule has 1 heterocycles. The van der Waals surface area contributed by atoms with Crippen LogP contribution in [0, 0.1) is 5.82 Å². The van der Waals surface area contributed by atoms with Crippen molar-refractivity contribution in [3.63, 3.8) is 0 Å². The molecule has 0 aliphatic carbocycles. The van der Waals surface area contributed by atoms with E-state index in [1.807, 2.05) is 0 Å². The number of halogens is 1. The topological polar surface area (TPSA) is 55.1 Å². The lowest BCUT2D eigenvalue weighted by Gasteiger charge is -2.04. The fourth-order valence-corrected chi connectivity index (χ4v) is 1.47. The molecular formula is C11H9FN2O2. The highest BCUT2D eigenvalue weighted by Crippen LogP contribution is 2.18. The highest BCUT2D eigenvalue weighted by Gasteiger charge is 2.08. The second kappa shape index (κ2) is 4.14. The summed E-state index contributed by atoms with van der Waals surface area (Å²) in [4.78, 5) is 14.6. The first-order valence-electron chi connectivity index (χ1n) is 4.65. The van der Waals surface area contributed by atoms with Crippen molar-refractivity contribution in [2.24, 2.45) is 0 Å². The van der Waals surface area contributed by atoms with E-state index in [4.69, 9.17) is 5.11 Å². The SMILES string of the molecule is O=C(O)Cn1ccnc1-c1cccc(F)c1. The Bertz CT molecular complexity index is 522. The third-order valence-electron chi connectivity index (χ3n) is 2.10. The number of hydrogen-bond acceptors (Lipinski definition) is 2. The minimum atomic E-state index is -0.962. The predicted octanol–water partition coefficient (Wildman–Crippen LogP) is 1.77. The number of rotatable bonds is 3. The van der Waals surface area contributed by atoms with E-state index in [-0.39, 0.29) is 12.4 Å². The Morgan fingerprint density at radius 1 is 1.50 bits per heavy atom. The first kappa shape index (κ1) is 10.4. The molecule has 0 aliphatic heterocycles. The van der Waals surface area contributed by atoms with Gasteiger partial charge in [0.15, 0.2) is 0 Å². The summed E-state index contributed by atoms with van der Waals surface area (Å²) in [5.41, 5.74) is 0.561. The number of imidazole rings is 1. The van der Waals surface area contributed by atoms with Gasteiger partial charge in [0.2, 0.25) is 0 Å². The molecule has 0 amide bonds. The number of carbonyl (C=O) groups is 1. The van der Waals surface area contributed by atoms with Crippen LogP contribution in [-0.2, 0) is 11.3 Å². The number of nitrogens with zero attached hydrogens (tertiary/aromatic N) is 2. The minimum Gasteiger partial charge on any atom is -0.480 e. The molecule has 0 aliphatic rings. The van der Waals surface area contributed by atoms with Gasteiger partial charge < -0.3 is 9.67 Å². The van der Waals surface area contributed by atoms with E-state index in [0.29, 0.717) is 11.4 Å². The van der Waals surface area contributed by atoms with Crippen LogP contribution < -0.4 is 0 Å². The van der Waals surface area contributed by atoms with Crippen LogP contribution in [0.3, 0.4) is 0 Å². The van der Waals surface area contributed by atoms with Crippen LogP contribution in [0.5, 0.6) is 0 Å². The van der Waals surface area contributed by atoms with Crippen molar-refractivity contribution in [3.05, 3.63) is 42.5 Å². The molecule has 0 saturated heterocycles. The zero-order valence-electron chi connectivity index (χ0n) is 8.30. The summed E-state index contributed by atoms with van der Waals surface area (Å²) in [5, 5.41) is 8.69. The quantitative estimate of drug-likeness (QED) is 0.857. The molecule has 0 bridgehead atoms. The lowest BCUT2D eigenvalue weighted by Crippen LogP contribution is -2.09. The predicted molar refractivity (Wildman–Crippen MR) is 55.3 cm³/mol. The largest absolute Gasteiger partial charge is 0.480 e. The van der Waals surface area contributed by atoms with Gasteiger partial charge in [0.1, 0.15) is 18.2 Å². The summed E-state index contributed by atoms with van der Waals surface area (Å²) in [7, 11) is 0. The van der Waals surface area contributed by atoms with Crippen molar-refractivity contribution < 1.29 is 14.3 Å². The lowest BCUT2D eigenvalue weighted by atomic mass is 10.2. The summed E-state index contributed by atoms with van der Waals surface area (Å²) >= 11 is 0. The number of benzene rings is 1. The van der Waals surface area contributed by atoms with Gasteiger partial charge >= 0.3 is 5.97 Å². The van der Waals surface area contributed by atoms with Crippen LogP contribution in [0.15, 0.2) is 36.7 Å². The van der Waals surface area contributed by atoms with Crippen LogP contribution in [0.2, 0.25) is 0 Å². The zero-order valence-corrected chi connectivity index (χ0v) is 8.30. The average Bonchev–Trinajstić information content (AvgIpc) is 2.65. The minimum absolute atomic E-state index is 0.189. The van der Waals surface area contributed by atoms with Crippen LogP contribution in [0.1, 0.15) is 0 Å². The zero-order chi connectivity index (χ0) is 11.5. The van der Waals surface area contributed by atoms with Gasteiger partial charge in [0.25, 0.3) is 0 Å². The number of aromatic nitrogens is 2. The number of carboxylic acids is 1. The normalized spacial score (nSPS) is 10.3. The average molecular weight is 220 g/mol. The Morgan fingerprint density at radius 3 is 3.00 bits per heavy atom. The maximum absolute atomic E-state index is 13.0. The molecule has 2 aromatic rings. The van der Waals surface area contributed by atoms with Gasteiger partial charge in [-0.05, 0) is 12.1 Å². The Morgan fingerprint density at radius 2 is 2.31 bits per heavy atom. The van der Waals surface area contributed by atoms with Crippen LogP contribution in [-0.4, -0.2) is 20.6 Å².